The molecule has 1 aromatic heterocycles. The summed E-state index contributed by atoms with van der Waals surface area (Å²) in [4.78, 5) is 9.74. The van der Waals surface area contributed by atoms with Gasteiger partial charge in [0.2, 0.25) is 0 Å². The van der Waals surface area contributed by atoms with Gasteiger partial charge in [-0.1, -0.05) is 46.0 Å². The molecule has 2 heterocycles. The molecule has 0 spiro atoms. The molecule has 1 aliphatic rings. The van der Waals surface area contributed by atoms with Crippen LogP contribution in [-0.2, 0) is 11.4 Å². The molecule has 1 atom stereocenters. The zero-order valence-electron chi connectivity index (χ0n) is 14.0. The Balaban J connectivity index is 1.63. The van der Waals surface area contributed by atoms with Gasteiger partial charge >= 0.3 is 0 Å². The van der Waals surface area contributed by atoms with E-state index in [0.717, 1.165) is 16.8 Å². The molecule has 0 saturated carbocycles. The Hall–Kier alpha value is -2.21. The highest BCUT2D eigenvalue weighted by Gasteiger charge is 2.29. The van der Waals surface area contributed by atoms with E-state index in [9.17, 15) is 0 Å². The maximum absolute atomic E-state index is 6.08. The van der Waals surface area contributed by atoms with E-state index < -0.39 is 0 Å². The first-order valence-corrected chi connectivity index (χ1v) is 9.29. The van der Waals surface area contributed by atoms with Gasteiger partial charge in [0.05, 0.1) is 16.4 Å². The van der Waals surface area contributed by atoms with Crippen molar-refractivity contribution in [3.8, 4) is 5.75 Å². The number of imidazole rings is 1. The van der Waals surface area contributed by atoms with Crippen molar-refractivity contribution in [2.75, 3.05) is 6.61 Å². The molecule has 0 amide bonds. The Morgan fingerprint density at radius 1 is 1.15 bits per heavy atom. The fourth-order valence-electron chi connectivity index (χ4n) is 2.85. The lowest BCUT2D eigenvalue weighted by atomic mass is 10.00. The minimum Gasteiger partial charge on any atom is -0.490 e. The average Bonchev–Trinajstić information content (AvgIpc) is 3.19. The molecule has 1 aliphatic heterocycles. The van der Waals surface area contributed by atoms with E-state index >= 15 is 0 Å². The smallest absolute Gasteiger partial charge is 0.142 e. The van der Waals surface area contributed by atoms with Gasteiger partial charge in [0.15, 0.2) is 0 Å². The van der Waals surface area contributed by atoms with Crippen LogP contribution < -0.4 is 4.74 Å². The summed E-state index contributed by atoms with van der Waals surface area (Å²) >= 11 is 18.1. The third-order valence-electron chi connectivity index (χ3n) is 4.19. The van der Waals surface area contributed by atoms with E-state index in [2.05, 4.69) is 10.1 Å². The van der Waals surface area contributed by atoms with Gasteiger partial charge in [0.1, 0.15) is 30.7 Å². The topological polar surface area (TPSA) is 48.6 Å². The van der Waals surface area contributed by atoms with Crippen LogP contribution in [-0.4, -0.2) is 21.9 Å². The second-order valence-corrected chi connectivity index (χ2v) is 7.23. The standard InChI is InChI=1S/C19H14Cl3N3O2/c20-13-2-3-14-18(8-13)26-10-17(25-6-5-23-11-25)19(14)24-27-9-12-1-4-15(21)16(22)7-12/h1-8,11,17H,9-10H2/b24-19-. The van der Waals surface area contributed by atoms with Crippen molar-refractivity contribution < 1.29 is 9.57 Å². The van der Waals surface area contributed by atoms with Crippen molar-refractivity contribution >= 4 is 40.5 Å². The summed E-state index contributed by atoms with van der Waals surface area (Å²) in [5.41, 5.74) is 2.45. The van der Waals surface area contributed by atoms with Crippen molar-refractivity contribution in [2.45, 2.75) is 12.6 Å². The number of rotatable bonds is 4. The van der Waals surface area contributed by atoms with Crippen LogP contribution in [0.25, 0.3) is 0 Å². The highest BCUT2D eigenvalue weighted by atomic mass is 35.5. The van der Waals surface area contributed by atoms with Crippen molar-refractivity contribution in [1.82, 2.24) is 9.55 Å². The number of ether oxygens (including phenoxy) is 1. The van der Waals surface area contributed by atoms with Crippen LogP contribution in [0.1, 0.15) is 17.2 Å². The lowest BCUT2D eigenvalue weighted by Gasteiger charge is -2.27. The lowest BCUT2D eigenvalue weighted by molar-refractivity contribution is 0.127. The van der Waals surface area contributed by atoms with E-state index in [1.54, 1.807) is 36.8 Å². The van der Waals surface area contributed by atoms with E-state index in [-0.39, 0.29) is 12.6 Å². The fraction of sp³-hybridized carbons (Fsp3) is 0.158. The van der Waals surface area contributed by atoms with Gasteiger partial charge in [-0.05, 0) is 35.9 Å². The van der Waals surface area contributed by atoms with Crippen molar-refractivity contribution in [3.05, 3.63) is 81.3 Å². The summed E-state index contributed by atoms with van der Waals surface area (Å²) in [6.07, 6.45) is 5.30. The molecule has 0 radical (unpaired) electrons. The molecule has 138 valence electrons. The Labute approximate surface area is 171 Å². The van der Waals surface area contributed by atoms with Crippen LogP contribution in [0.5, 0.6) is 5.75 Å². The minimum atomic E-state index is -0.157. The zero-order valence-corrected chi connectivity index (χ0v) is 16.2. The van der Waals surface area contributed by atoms with Crippen molar-refractivity contribution in [2.24, 2.45) is 5.16 Å². The fourth-order valence-corrected chi connectivity index (χ4v) is 3.33. The second-order valence-electron chi connectivity index (χ2n) is 5.98. The van der Waals surface area contributed by atoms with E-state index in [1.165, 1.54) is 0 Å². The molecule has 3 aromatic rings. The summed E-state index contributed by atoms with van der Waals surface area (Å²) in [6, 6.07) is 10.6. The Morgan fingerprint density at radius 3 is 2.81 bits per heavy atom. The van der Waals surface area contributed by atoms with Crippen molar-refractivity contribution in [1.29, 1.82) is 0 Å². The van der Waals surface area contributed by atoms with Gasteiger partial charge < -0.3 is 14.1 Å². The minimum absolute atomic E-state index is 0.157. The molecule has 2 aromatic carbocycles. The van der Waals surface area contributed by atoms with Gasteiger partial charge in [0.25, 0.3) is 0 Å². The Kier molecular flexibility index (Phi) is 5.25. The number of fused-ring (bicyclic) bond motifs is 1. The zero-order chi connectivity index (χ0) is 18.8. The first-order valence-electron chi connectivity index (χ1n) is 8.16. The number of halogens is 3. The van der Waals surface area contributed by atoms with E-state index in [1.807, 2.05) is 22.9 Å². The van der Waals surface area contributed by atoms with E-state index in [4.69, 9.17) is 44.4 Å². The molecular weight excluding hydrogens is 409 g/mol. The normalized spacial score (nSPS) is 17.4. The molecule has 0 saturated heterocycles. The van der Waals surface area contributed by atoms with Gasteiger partial charge in [-0.25, -0.2) is 4.98 Å². The average molecular weight is 423 g/mol. The van der Waals surface area contributed by atoms with Crippen molar-refractivity contribution in [3.63, 3.8) is 0 Å². The number of nitrogens with zero attached hydrogens (tertiary/aromatic N) is 3. The number of oxime groups is 1. The van der Waals surface area contributed by atoms with Gasteiger partial charge in [0, 0.05) is 23.0 Å². The molecule has 1 unspecified atom stereocenters. The largest absolute Gasteiger partial charge is 0.490 e. The second kappa shape index (κ2) is 7.80. The van der Waals surface area contributed by atoms with Gasteiger partial charge in [-0.3, -0.25) is 0 Å². The Bertz CT molecular complexity index is 990. The van der Waals surface area contributed by atoms with Crippen LogP contribution in [0.4, 0.5) is 0 Å². The number of aromatic nitrogens is 2. The molecule has 4 rings (SSSR count). The SMILES string of the molecule is Clc1ccc2c(c1)OCC(n1ccnc1)/C2=N\OCc1ccc(Cl)c(Cl)c1. The molecule has 0 N–H and O–H groups in total. The number of benzene rings is 2. The quantitative estimate of drug-likeness (QED) is 0.529. The predicted molar refractivity (Wildman–Crippen MR) is 106 cm³/mol. The summed E-state index contributed by atoms with van der Waals surface area (Å²) in [5.74, 6) is 0.677. The molecular formula is C19H14Cl3N3O2. The van der Waals surface area contributed by atoms with Crippen LogP contribution in [0.2, 0.25) is 15.1 Å². The Morgan fingerprint density at radius 2 is 2.04 bits per heavy atom. The maximum Gasteiger partial charge on any atom is 0.142 e. The van der Waals surface area contributed by atoms with Crippen LogP contribution in [0.3, 0.4) is 0 Å². The summed E-state index contributed by atoms with van der Waals surface area (Å²) in [7, 11) is 0. The summed E-state index contributed by atoms with van der Waals surface area (Å²) in [6.45, 7) is 0.666. The first kappa shape index (κ1) is 18.2. The lowest BCUT2D eigenvalue weighted by Crippen LogP contribution is -2.30. The number of hydrogen-bond donors (Lipinski definition) is 0. The molecule has 0 fully saturated rings. The summed E-state index contributed by atoms with van der Waals surface area (Å²) < 4.78 is 7.79. The first-order chi connectivity index (χ1) is 13.1. The maximum atomic E-state index is 6.08. The highest BCUT2D eigenvalue weighted by Crippen LogP contribution is 2.32. The molecule has 0 bridgehead atoms. The number of hydrogen-bond acceptors (Lipinski definition) is 4. The molecule has 0 aliphatic carbocycles. The van der Waals surface area contributed by atoms with Crippen LogP contribution >= 0.6 is 34.8 Å². The van der Waals surface area contributed by atoms with Crippen LogP contribution in [0.15, 0.2) is 60.3 Å². The summed E-state index contributed by atoms with van der Waals surface area (Å²) in [5, 5.41) is 5.99. The van der Waals surface area contributed by atoms with E-state index in [0.29, 0.717) is 27.4 Å². The molecule has 5 nitrogen and oxygen atoms in total. The molecule has 8 heteroatoms. The molecule has 27 heavy (non-hydrogen) atoms. The highest BCUT2D eigenvalue weighted by molar-refractivity contribution is 6.42. The van der Waals surface area contributed by atoms with Gasteiger partial charge in [-0.2, -0.15) is 0 Å². The third-order valence-corrected chi connectivity index (χ3v) is 5.17. The third kappa shape index (κ3) is 3.90. The van der Waals surface area contributed by atoms with Crippen LogP contribution in [0, 0.1) is 0 Å². The van der Waals surface area contributed by atoms with Gasteiger partial charge in [-0.15, -0.1) is 0 Å². The monoisotopic (exact) mass is 421 g/mol. The predicted octanol–water partition coefficient (Wildman–Crippen LogP) is 5.40.